The topological polar surface area (TPSA) is 21.7 Å². The molecule has 0 aromatic rings. The summed E-state index contributed by atoms with van der Waals surface area (Å²) in [5.41, 5.74) is 0.363. The highest BCUT2D eigenvalue weighted by molar-refractivity contribution is 5.06. The first-order valence-electron chi connectivity index (χ1n) is 5.55. The van der Waals surface area contributed by atoms with Crippen LogP contribution in [0.2, 0.25) is 0 Å². The fourth-order valence-corrected chi connectivity index (χ4v) is 2.41. The summed E-state index contributed by atoms with van der Waals surface area (Å²) in [7, 11) is 1.78. The van der Waals surface area contributed by atoms with E-state index in [1.807, 2.05) is 0 Å². The van der Waals surface area contributed by atoms with E-state index in [0.717, 1.165) is 19.8 Å². The molecule has 2 aliphatic rings. The van der Waals surface area contributed by atoms with Gasteiger partial charge in [0, 0.05) is 25.2 Å². The highest BCUT2D eigenvalue weighted by Gasteiger charge is 2.50. The molecule has 1 heterocycles. The zero-order valence-corrected chi connectivity index (χ0v) is 9.45. The van der Waals surface area contributed by atoms with E-state index >= 15 is 0 Å². The lowest BCUT2D eigenvalue weighted by Gasteiger charge is -2.34. The maximum atomic E-state index is 5.69. The van der Waals surface area contributed by atoms with Gasteiger partial charge in [-0.15, -0.1) is 0 Å². The van der Waals surface area contributed by atoms with Crippen LogP contribution in [0.3, 0.4) is 0 Å². The van der Waals surface area contributed by atoms with Crippen LogP contribution in [0.25, 0.3) is 0 Å². The van der Waals surface area contributed by atoms with E-state index in [1.165, 1.54) is 12.8 Å². The van der Waals surface area contributed by atoms with Gasteiger partial charge in [-0.25, -0.2) is 0 Å². The van der Waals surface area contributed by atoms with E-state index in [9.17, 15) is 0 Å². The van der Waals surface area contributed by atoms with Gasteiger partial charge in [-0.3, -0.25) is 4.90 Å². The van der Waals surface area contributed by atoms with Crippen molar-refractivity contribution in [2.75, 3.05) is 26.9 Å². The molecule has 82 valence electrons. The Kier molecular flexibility index (Phi) is 2.82. The van der Waals surface area contributed by atoms with E-state index < -0.39 is 0 Å². The minimum absolute atomic E-state index is 0.248. The zero-order valence-electron chi connectivity index (χ0n) is 9.45. The van der Waals surface area contributed by atoms with Gasteiger partial charge in [0.05, 0.1) is 19.3 Å². The van der Waals surface area contributed by atoms with Crippen molar-refractivity contribution in [3.05, 3.63) is 0 Å². The fourth-order valence-electron chi connectivity index (χ4n) is 2.41. The second-order valence-corrected chi connectivity index (χ2v) is 4.84. The Balaban J connectivity index is 2.07. The maximum Gasteiger partial charge on any atom is 0.0931 e. The first-order chi connectivity index (χ1) is 6.68. The SMILES string of the molecule is COC1COCC2(CC2)N(C(C)C)C1. The maximum absolute atomic E-state index is 5.69. The average molecular weight is 199 g/mol. The molecule has 1 unspecified atom stereocenters. The van der Waals surface area contributed by atoms with Gasteiger partial charge in [-0.2, -0.15) is 0 Å². The number of methoxy groups -OCH3 is 1. The Bertz CT molecular complexity index is 201. The molecule has 0 aromatic carbocycles. The standard InChI is InChI=1S/C11H21NO2/c1-9(2)12-6-10(13-3)7-14-8-11(12)4-5-11/h9-10H,4-8H2,1-3H3. The summed E-state index contributed by atoms with van der Waals surface area (Å²) >= 11 is 0. The van der Waals surface area contributed by atoms with Gasteiger partial charge >= 0.3 is 0 Å². The van der Waals surface area contributed by atoms with E-state index in [0.29, 0.717) is 11.6 Å². The normalized spacial score (nSPS) is 32.1. The quantitative estimate of drug-likeness (QED) is 0.668. The molecule has 1 aliphatic carbocycles. The summed E-state index contributed by atoms with van der Waals surface area (Å²) in [6, 6.07) is 0.594. The van der Waals surface area contributed by atoms with Crippen LogP contribution in [0.1, 0.15) is 26.7 Å². The van der Waals surface area contributed by atoms with Crippen LogP contribution in [-0.4, -0.2) is 49.5 Å². The molecular formula is C11H21NO2. The largest absolute Gasteiger partial charge is 0.378 e. The molecule has 1 atom stereocenters. The summed E-state index contributed by atoms with van der Waals surface area (Å²) in [6.45, 7) is 7.19. The number of nitrogens with zero attached hydrogens (tertiary/aromatic N) is 1. The molecule has 0 bridgehead atoms. The number of ether oxygens (including phenoxy) is 2. The second-order valence-electron chi connectivity index (χ2n) is 4.84. The Labute approximate surface area is 86.4 Å². The Morgan fingerprint density at radius 2 is 2.14 bits per heavy atom. The molecule has 1 spiro atoms. The lowest BCUT2D eigenvalue weighted by Crippen LogP contribution is -2.46. The van der Waals surface area contributed by atoms with Crippen LogP contribution >= 0.6 is 0 Å². The molecule has 0 aromatic heterocycles. The molecule has 1 aliphatic heterocycles. The highest BCUT2D eigenvalue weighted by Crippen LogP contribution is 2.44. The van der Waals surface area contributed by atoms with Gasteiger partial charge in [-0.05, 0) is 26.7 Å². The average Bonchev–Trinajstić information content (AvgIpc) is 2.93. The van der Waals surface area contributed by atoms with Crippen LogP contribution in [0.4, 0.5) is 0 Å². The zero-order chi connectivity index (χ0) is 10.2. The van der Waals surface area contributed by atoms with Crippen molar-refractivity contribution in [2.24, 2.45) is 0 Å². The van der Waals surface area contributed by atoms with Crippen LogP contribution in [0.15, 0.2) is 0 Å². The van der Waals surface area contributed by atoms with E-state index in [2.05, 4.69) is 18.7 Å². The lowest BCUT2D eigenvalue weighted by atomic mass is 10.1. The predicted octanol–water partition coefficient (Wildman–Crippen LogP) is 1.27. The van der Waals surface area contributed by atoms with Gasteiger partial charge in [-0.1, -0.05) is 0 Å². The summed E-state index contributed by atoms with van der Waals surface area (Å²) in [6.07, 6.45) is 2.83. The van der Waals surface area contributed by atoms with E-state index in [-0.39, 0.29) is 6.10 Å². The first kappa shape index (κ1) is 10.4. The smallest absolute Gasteiger partial charge is 0.0931 e. The molecule has 0 radical (unpaired) electrons. The minimum Gasteiger partial charge on any atom is -0.378 e. The van der Waals surface area contributed by atoms with Crippen LogP contribution in [0.5, 0.6) is 0 Å². The molecule has 2 fully saturated rings. The molecule has 3 nitrogen and oxygen atoms in total. The molecule has 2 rings (SSSR count). The summed E-state index contributed by atoms with van der Waals surface area (Å²) in [5, 5.41) is 0. The molecular weight excluding hydrogens is 178 g/mol. The van der Waals surface area contributed by atoms with Crippen molar-refractivity contribution in [1.29, 1.82) is 0 Å². The first-order valence-corrected chi connectivity index (χ1v) is 5.55. The van der Waals surface area contributed by atoms with Gasteiger partial charge in [0.2, 0.25) is 0 Å². The van der Waals surface area contributed by atoms with Crippen molar-refractivity contribution < 1.29 is 9.47 Å². The monoisotopic (exact) mass is 199 g/mol. The van der Waals surface area contributed by atoms with Crippen LogP contribution in [-0.2, 0) is 9.47 Å². The fraction of sp³-hybridized carbons (Fsp3) is 1.00. The number of hydrogen-bond acceptors (Lipinski definition) is 3. The Morgan fingerprint density at radius 3 is 2.64 bits per heavy atom. The van der Waals surface area contributed by atoms with E-state index in [1.54, 1.807) is 7.11 Å². The van der Waals surface area contributed by atoms with E-state index in [4.69, 9.17) is 9.47 Å². The van der Waals surface area contributed by atoms with Crippen molar-refractivity contribution in [2.45, 2.75) is 44.4 Å². The predicted molar refractivity (Wildman–Crippen MR) is 55.4 cm³/mol. The molecule has 0 amide bonds. The lowest BCUT2D eigenvalue weighted by molar-refractivity contribution is 0.0212. The number of rotatable bonds is 2. The summed E-state index contributed by atoms with van der Waals surface area (Å²) < 4.78 is 11.1. The van der Waals surface area contributed by atoms with Gasteiger partial charge < -0.3 is 9.47 Å². The highest BCUT2D eigenvalue weighted by atomic mass is 16.5. The van der Waals surface area contributed by atoms with Gasteiger partial charge in [0.15, 0.2) is 0 Å². The van der Waals surface area contributed by atoms with Crippen molar-refractivity contribution in [1.82, 2.24) is 4.90 Å². The summed E-state index contributed by atoms with van der Waals surface area (Å²) in [5.74, 6) is 0. The summed E-state index contributed by atoms with van der Waals surface area (Å²) in [4.78, 5) is 2.56. The van der Waals surface area contributed by atoms with Crippen LogP contribution < -0.4 is 0 Å². The molecule has 1 saturated heterocycles. The second kappa shape index (κ2) is 3.80. The Hall–Kier alpha value is -0.120. The van der Waals surface area contributed by atoms with Crippen molar-refractivity contribution >= 4 is 0 Å². The molecule has 0 N–H and O–H groups in total. The van der Waals surface area contributed by atoms with Crippen LogP contribution in [0, 0.1) is 0 Å². The van der Waals surface area contributed by atoms with Crippen molar-refractivity contribution in [3.63, 3.8) is 0 Å². The van der Waals surface area contributed by atoms with Gasteiger partial charge in [0.1, 0.15) is 0 Å². The van der Waals surface area contributed by atoms with Crippen molar-refractivity contribution in [3.8, 4) is 0 Å². The third-order valence-corrected chi connectivity index (χ3v) is 3.47. The van der Waals surface area contributed by atoms with Gasteiger partial charge in [0.25, 0.3) is 0 Å². The third kappa shape index (κ3) is 1.81. The molecule has 3 heteroatoms. The molecule has 1 saturated carbocycles. The molecule has 14 heavy (non-hydrogen) atoms. The number of hydrogen-bond donors (Lipinski definition) is 0. The minimum atomic E-state index is 0.248. The Morgan fingerprint density at radius 1 is 1.43 bits per heavy atom. The third-order valence-electron chi connectivity index (χ3n) is 3.47.